The highest BCUT2D eigenvalue weighted by Gasteiger charge is 2.19. The van der Waals surface area contributed by atoms with Crippen LogP contribution >= 0.6 is 23.4 Å². The Morgan fingerprint density at radius 3 is 2.94 bits per heavy atom. The van der Waals surface area contributed by atoms with Gasteiger partial charge in [-0.25, -0.2) is 0 Å². The van der Waals surface area contributed by atoms with Gasteiger partial charge in [0.1, 0.15) is 0 Å². The molecule has 0 aliphatic carbocycles. The SMILES string of the molecule is CN(Cc1cc(N)cc(Cl)c1)C1CCSC1. The molecule has 1 aromatic carbocycles. The second-order valence-electron chi connectivity index (χ2n) is 4.33. The zero-order valence-electron chi connectivity index (χ0n) is 9.45. The van der Waals surface area contributed by atoms with Crippen LogP contribution in [0, 0.1) is 0 Å². The number of hydrogen-bond acceptors (Lipinski definition) is 3. The molecular formula is C12H17ClN2S. The molecule has 2 N–H and O–H groups in total. The standard InChI is InChI=1S/C12H17ClN2S/c1-15(12-2-3-16-8-12)7-9-4-10(13)6-11(14)5-9/h4-6,12H,2-3,7-8,14H2,1H3. The number of nitrogen functional groups attached to an aromatic ring is 1. The van der Waals surface area contributed by atoms with E-state index in [9.17, 15) is 0 Å². The first-order valence-corrected chi connectivity index (χ1v) is 7.01. The fourth-order valence-electron chi connectivity index (χ4n) is 2.05. The average Bonchev–Trinajstić information content (AvgIpc) is 2.68. The van der Waals surface area contributed by atoms with Crippen LogP contribution in [0.25, 0.3) is 0 Å². The molecule has 1 heterocycles. The summed E-state index contributed by atoms with van der Waals surface area (Å²) in [5.74, 6) is 2.53. The third-order valence-corrected chi connectivity index (χ3v) is 4.30. The molecule has 0 aromatic heterocycles. The van der Waals surface area contributed by atoms with Gasteiger partial charge < -0.3 is 5.73 Å². The Kier molecular flexibility index (Phi) is 4.00. The van der Waals surface area contributed by atoms with Gasteiger partial charge in [-0.2, -0.15) is 11.8 Å². The lowest BCUT2D eigenvalue weighted by Crippen LogP contribution is -2.30. The maximum Gasteiger partial charge on any atom is 0.0429 e. The van der Waals surface area contributed by atoms with E-state index in [2.05, 4.69) is 11.9 Å². The maximum absolute atomic E-state index is 5.99. The fraction of sp³-hybridized carbons (Fsp3) is 0.500. The predicted octanol–water partition coefficient (Wildman–Crippen LogP) is 2.86. The number of anilines is 1. The fourth-order valence-corrected chi connectivity index (χ4v) is 3.62. The molecule has 1 aliphatic rings. The molecular weight excluding hydrogens is 240 g/mol. The smallest absolute Gasteiger partial charge is 0.0429 e. The van der Waals surface area contributed by atoms with Gasteiger partial charge in [0.25, 0.3) is 0 Å². The van der Waals surface area contributed by atoms with Gasteiger partial charge in [-0.3, -0.25) is 4.90 Å². The van der Waals surface area contributed by atoms with E-state index < -0.39 is 0 Å². The third kappa shape index (κ3) is 3.06. The number of nitrogens with two attached hydrogens (primary N) is 1. The maximum atomic E-state index is 5.99. The van der Waals surface area contributed by atoms with Crippen molar-refractivity contribution in [3.05, 3.63) is 28.8 Å². The summed E-state index contributed by atoms with van der Waals surface area (Å²) in [5.41, 5.74) is 7.73. The summed E-state index contributed by atoms with van der Waals surface area (Å²) >= 11 is 8.03. The molecule has 88 valence electrons. The monoisotopic (exact) mass is 256 g/mol. The second-order valence-corrected chi connectivity index (χ2v) is 5.91. The molecule has 1 unspecified atom stereocenters. The number of halogens is 1. The van der Waals surface area contributed by atoms with Gasteiger partial charge in [0, 0.05) is 29.0 Å². The minimum absolute atomic E-state index is 0.699. The molecule has 0 amide bonds. The molecule has 1 aliphatic heterocycles. The highest BCUT2D eigenvalue weighted by Crippen LogP contribution is 2.24. The van der Waals surface area contributed by atoms with Crippen LogP contribution in [0.1, 0.15) is 12.0 Å². The largest absolute Gasteiger partial charge is 0.399 e. The van der Waals surface area contributed by atoms with Crippen molar-refractivity contribution in [3.63, 3.8) is 0 Å². The Bertz CT molecular complexity index is 344. The topological polar surface area (TPSA) is 29.3 Å². The molecule has 1 atom stereocenters. The lowest BCUT2D eigenvalue weighted by Gasteiger charge is -2.23. The van der Waals surface area contributed by atoms with Crippen LogP contribution in [0.2, 0.25) is 5.02 Å². The molecule has 0 bridgehead atoms. The van der Waals surface area contributed by atoms with E-state index in [1.165, 1.54) is 23.5 Å². The summed E-state index contributed by atoms with van der Waals surface area (Å²) in [6, 6.07) is 6.49. The Morgan fingerprint density at radius 2 is 2.31 bits per heavy atom. The van der Waals surface area contributed by atoms with Crippen LogP contribution in [0.5, 0.6) is 0 Å². The molecule has 1 saturated heterocycles. The van der Waals surface area contributed by atoms with Gasteiger partial charge in [0.15, 0.2) is 0 Å². The van der Waals surface area contributed by atoms with Crippen molar-refractivity contribution < 1.29 is 0 Å². The van der Waals surface area contributed by atoms with Crippen LogP contribution in [-0.2, 0) is 6.54 Å². The zero-order valence-corrected chi connectivity index (χ0v) is 11.0. The summed E-state index contributed by atoms with van der Waals surface area (Å²) < 4.78 is 0. The number of benzene rings is 1. The highest BCUT2D eigenvalue weighted by atomic mass is 35.5. The second kappa shape index (κ2) is 5.30. The van der Waals surface area contributed by atoms with Crippen molar-refractivity contribution in [2.24, 2.45) is 0 Å². The lowest BCUT2D eigenvalue weighted by molar-refractivity contribution is 0.254. The Hall–Kier alpha value is -0.380. The van der Waals surface area contributed by atoms with Crippen molar-refractivity contribution in [1.29, 1.82) is 0 Å². The van der Waals surface area contributed by atoms with Gasteiger partial charge in [-0.15, -0.1) is 0 Å². The predicted molar refractivity (Wildman–Crippen MR) is 73.1 cm³/mol. The third-order valence-electron chi connectivity index (χ3n) is 2.94. The lowest BCUT2D eigenvalue weighted by atomic mass is 10.1. The summed E-state index contributed by atoms with van der Waals surface area (Å²) in [5, 5.41) is 0.726. The Balaban J connectivity index is 2.02. The van der Waals surface area contributed by atoms with Gasteiger partial charge in [0.05, 0.1) is 0 Å². The van der Waals surface area contributed by atoms with E-state index in [0.29, 0.717) is 6.04 Å². The minimum Gasteiger partial charge on any atom is -0.399 e. The summed E-state index contributed by atoms with van der Waals surface area (Å²) in [6.45, 7) is 0.927. The normalized spacial score (nSPS) is 20.6. The van der Waals surface area contributed by atoms with Crippen LogP contribution in [0.4, 0.5) is 5.69 Å². The van der Waals surface area contributed by atoms with Crippen molar-refractivity contribution in [3.8, 4) is 0 Å². The van der Waals surface area contributed by atoms with Gasteiger partial charge >= 0.3 is 0 Å². The van der Waals surface area contributed by atoms with Crippen molar-refractivity contribution >= 4 is 29.1 Å². The molecule has 1 aromatic rings. The van der Waals surface area contributed by atoms with E-state index in [1.807, 2.05) is 23.9 Å². The highest BCUT2D eigenvalue weighted by molar-refractivity contribution is 7.99. The van der Waals surface area contributed by atoms with E-state index in [-0.39, 0.29) is 0 Å². The quantitative estimate of drug-likeness (QED) is 0.844. The van der Waals surface area contributed by atoms with E-state index >= 15 is 0 Å². The molecule has 2 rings (SSSR count). The molecule has 4 heteroatoms. The first kappa shape index (κ1) is 12.1. The summed E-state index contributed by atoms with van der Waals surface area (Å²) in [7, 11) is 2.17. The molecule has 16 heavy (non-hydrogen) atoms. The van der Waals surface area contributed by atoms with E-state index in [0.717, 1.165) is 17.3 Å². The van der Waals surface area contributed by atoms with E-state index in [1.54, 1.807) is 6.07 Å². The first-order chi connectivity index (χ1) is 7.65. The summed E-state index contributed by atoms with van der Waals surface area (Å²) in [6.07, 6.45) is 1.29. The minimum atomic E-state index is 0.699. The first-order valence-electron chi connectivity index (χ1n) is 5.48. The van der Waals surface area contributed by atoms with Gasteiger partial charge in [-0.1, -0.05) is 11.6 Å². The average molecular weight is 257 g/mol. The molecule has 0 saturated carbocycles. The number of thioether (sulfide) groups is 1. The molecule has 0 spiro atoms. The van der Waals surface area contributed by atoms with Crippen molar-refractivity contribution in [2.45, 2.75) is 19.0 Å². The Labute approximate surface area is 106 Å². The molecule has 1 fully saturated rings. The van der Waals surface area contributed by atoms with Crippen molar-refractivity contribution in [1.82, 2.24) is 4.90 Å². The summed E-state index contributed by atoms with van der Waals surface area (Å²) in [4.78, 5) is 2.39. The van der Waals surface area contributed by atoms with Gasteiger partial charge in [0.2, 0.25) is 0 Å². The number of rotatable bonds is 3. The van der Waals surface area contributed by atoms with Crippen LogP contribution in [0.15, 0.2) is 18.2 Å². The van der Waals surface area contributed by atoms with E-state index in [4.69, 9.17) is 17.3 Å². The van der Waals surface area contributed by atoms with Crippen LogP contribution in [0.3, 0.4) is 0 Å². The number of nitrogens with zero attached hydrogens (tertiary/aromatic N) is 1. The Morgan fingerprint density at radius 1 is 1.50 bits per heavy atom. The number of hydrogen-bond donors (Lipinski definition) is 1. The zero-order chi connectivity index (χ0) is 11.5. The molecule has 2 nitrogen and oxygen atoms in total. The van der Waals surface area contributed by atoms with Crippen molar-refractivity contribution in [2.75, 3.05) is 24.3 Å². The van der Waals surface area contributed by atoms with Crippen LogP contribution < -0.4 is 5.73 Å². The molecule has 0 radical (unpaired) electrons. The van der Waals surface area contributed by atoms with Gasteiger partial charge in [-0.05, 0) is 43.0 Å². The van der Waals surface area contributed by atoms with Crippen LogP contribution in [-0.4, -0.2) is 29.5 Å².